The minimum atomic E-state index is -0.390. The fourth-order valence-electron chi connectivity index (χ4n) is 3.65. The van der Waals surface area contributed by atoms with Crippen LogP contribution in [0.4, 0.5) is 11.4 Å². The normalized spacial score (nSPS) is 18.1. The van der Waals surface area contributed by atoms with Gasteiger partial charge in [0.1, 0.15) is 11.9 Å². The molecule has 0 saturated heterocycles. The Morgan fingerprint density at radius 3 is 2.61 bits per heavy atom. The molecule has 2 aromatic rings. The summed E-state index contributed by atoms with van der Waals surface area (Å²) in [6.45, 7) is 6.02. The highest BCUT2D eigenvalue weighted by Crippen LogP contribution is 2.36. The summed E-state index contributed by atoms with van der Waals surface area (Å²) in [5.41, 5.74) is 3.53. The molecule has 7 heteroatoms. The Morgan fingerprint density at radius 1 is 1.16 bits per heavy atom. The smallest absolute Gasteiger partial charge is 0.259 e. The van der Waals surface area contributed by atoms with Gasteiger partial charge in [0.25, 0.3) is 5.91 Å². The van der Waals surface area contributed by atoms with Crippen LogP contribution in [-0.2, 0) is 9.59 Å². The number of rotatable bonds is 6. The molecule has 2 aliphatic heterocycles. The van der Waals surface area contributed by atoms with Gasteiger partial charge in [0.05, 0.1) is 10.9 Å². The van der Waals surface area contributed by atoms with Crippen molar-refractivity contribution in [3.8, 4) is 0 Å². The number of benzene rings is 2. The Hall–Kier alpha value is -2.93. The predicted molar refractivity (Wildman–Crippen MR) is 127 cm³/mol. The standard InChI is InChI=1S/C24H26N4O2S/c1-4-8-19-23(30)28-21(26-19)17-9-6-7-10-18(17)27-24(28)31-20(5-2)22(29)25-16-13-11-15(3)12-14-16/h6-7,9-14,19-20H,4-5,8H2,1-3H3,(H,25,29)/t19-,20+/m1/s1. The number of para-hydroxylation sites is 1. The van der Waals surface area contributed by atoms with Gasteiger partial charge in [-0.25, -0.2) is 9.89 Å². The average molecular weight is 435 g/mol. The van der Waals surface area contributed by atoms with Gasteiger partial charge in [-0.3, -0.25) is 14.6 Å². The number of thioether (sulfide) groups is 1. The first-order chi connectivity index (χ1) is 15.0. The summed E-state index contributed by atoms with van der Waals surface area (Å²) >= 11 is 1.32. The van der Waals surface area contributed by atoms with Gasteiger partial charge < -0.3 is 5.32 Å². The highest BCUT2D eigenvalue weighted by atomic mass is 32.2. The molecule has 0 saturated carbocycles. The summed E-state index contributed by atoms with van der Waals surface area (Å²) in [4.78, 5) is 37.2. The van der Waals surface area contributed by atoms with E-state index in [2.05, 4.69) is 5.32 Å². The maximum atomic E-state index is 13.1. The number of amidine groups is 2. The van der Waals surface area contributed by atoms with E-state index in [1.807, 2.05) is 69.3 Å². The van der Waals surface area contributed by atoms with Crippen LogP contribution in [0, 0.1) is 6.92 Å². The summed E-state index contributed by atoms with van der Waals surface area (Å²) < 4.78 is 0. The van der Waals surface area contributed by atoms with Crippen LogP contribution in [0.2, 0.25) is 0 Å². The van der Waals surface area contributed by atoms with Crippen molar-refractivity contribution in [1.29, 1.82) is 0 Å². The van der Waals surface area contributed by atoms with E-state index < -0.39 is 6.04 Å². The first-order valence-corrected chi connectivity index (χ1v) is 11.5. The second kappa shape index (κ2) is 9.06. The highest BCUT2D eigenvalue weighted by molar-refractivity contribution is 8.15. The molecule has 1 N–H and O–H groups in total. The van der Waals surface area contributed by atoms with Crippen molar-refractivity contribution in [2.24, 2.45) is 9.98 Å². The van der Waals surface area contributed by atoms with E-state index >= 15 is 0 Å². The van der Waals surface area contributed by atoms with E-state index in [-0.39, 0.29) is 17.1 Å². The topological polar surface area (TPSA) is 74.1 Å². The minimum Gasteiger partial charge on any atom is -0.325 e. The van der Waals surface area contributed by atoms with Crippen LogP contribution in [0.15, 0.2) is 58.5 Å². The van der Waals surface area contributed by atoms with Crippen LogP contribution in [0.3, 0.4) is 0 Å². The molecule has 2 atom stereocenters. The van der Waals surface area contributed by atoms with Crippen molar-refractivity contribution in [1.82, 2.24) is 4.90 Å². The molecule has 0 fully saturated rings. The molecule has 2 heterocycles. The van der Waals surface area contributed by atoms with Crippen LogP contribution in [0.25, 0.3) is 0 Å². The number of aryl methyl sites for hydroxylation is 1. The second-order valence-corrected chi connectivity index (χ2v) is 8.88. The second-order valence-electron chi connectivity index (χ2n) is 7.71. The zero-order valence-corrected chi connectivity index (χ0v) is 18.8. The van der Waals surface area contributed by atoms with E-state index in [0.29, 0.717) is 23.8 Å². The lowest BCUT2D eigenvalue weighted by Crippen LogP contribution is -2.42. The van der Waals surface area contributed by atoms with Gasteiger partial charge in [-0.1, -0.05) is 61.9 Å². The Balaban J connectivity index is 1.61. The van der Waals surface area contributed by atoms with Crippen molar-refractivity contribution in [3.05, 3.63) is 59.7 Å². The summed E-state index contributed by atoms with van der Waals surface area (Å²) in [6, 6.07) is 15.0. The molecule has 160 valence electrons. The van der Waals surface area contributed by atoms with Gasteiger partial charge in [0.2, 0.25) is 5.91 Å². The van der Waals surface area contributed by atoms with E-state index in [9.17, 15) is 9.59 Å². The number of aliphatic imine (C=N–C) groups is 2. The lowest BCUT2D eigenvalue weighted by Gasteiger charge is -2.27. The quantitative estimate of drug-likeness (QED) is 0.702. The molecular formula is C24H26N4O2S. The number of carbonyl (C=O) groups excluding carboxylic acids is 2. The van der Waals surface area contributed by atoms with Gasteiger partial charge in [0.15, 0.2) is 5.17 Å². The van der Waals surface area contributed by atoms with Crippen LogP contribution in [0.1, 0.15) is 44.2 Å². The lowest BCUT2D eigenvalue weighted by molar-refractivity contribution is -0.124. The Bertz CT molecular complexity index is 1060. The minimum absolute atomic E-state index is 0.0635. The van der Waals surface area contributed by atoms with E-state index in [1.54, 1.807) is 4.90 Å². The molecule has 31 heavy (non-hydrogen) atoms. The predicted octanol–water partition coefficient (Wildman–Crippen LogP) is 4.90. The van der Waals surface area contributed by atoms with Crippen LogP contribution < -0.4 is 5.32 Å². The molecule has 2 aromatic carbocycles. The first-order valence-electron chi connectivity index (χ1n) is 10.7. The lowest BCUT2D eigenvalue weighted by atomic mass is 10.1. The summed E-state index contributed by atoms with van der Waals surface area (Å²) in [6.07, 6.45) is 2.18. The van der Waals surface area contributed by atoms with Gasteiger partial charge >= 0.3 is 0 Å². The Kier molecular flexibility index (Phi) is 6.23. The van der Waals surface area contributed by atoms with Crippen molar-refractivity contribution >= 4 is 46.0 Å². The fourth-order valence-corrected chi connectivity index (χ4v) is 4.67. The Morgan fingerprint density at radius 2 is 1.90 bits per heavy atom. The number of hydrogen-bond donors (Lipinski definition) is 1. The molecule has 0 aromatic heterocycles. The largest absolute Gasteiger partial charge is 0.325 e. The van der Waals surface area contributed by atoms with Gasteiger partial charge in [-0.15, -0.1) is 0 Å². The molecule has 2 aliphatic rings. The SMILES string of the molecule is CCC[C@H]1N=C2c3ccccc3N=C(S[C@@H](CC)C(=O)Nc3ccc(C)cc3)N2C1=O. The van der Waals surface area contributed by atoms with Gasteiger partial charge in [0, 0.05) is 11.3 Å². The number of hydrogen-bond acceptors (Lipinski definition) is 5. The molecular weight excluding hydrogens is 408 g/mol. The molecule has 0 spiro atoms. The third kappa shape index (κ3) is 4.28. The number of nitrogens with one attached hydrogen (secondary N) is 1. The van der Waals surface area contributed by atoms with Gasteiger partial charge in [-0.05, 0) is 44.0 Å². The number of anilines is 1. The van der Waals surface area contributed by atoms with E-state index in [4.69, 9.17) is 9.98 Å². The van der Waals surface area contributed by atoms with Crippen molar-refractivity contribution in [3.63, 3.8) is 0 Å². The molecule has 0 bridgehead atoms. The zero-order chi connectivity index (χ0) is 22.0. The number of amides is 2. The summed E-state index contributed by atoms with van der Waals surface area (Å²) in [5.74, 6) is 0.477. The molecule has 0 aliphatic carbocycles. The van der Waals surface area contributed by atoms with E-state index in [0.717, 1.165) is 28.9 Å². The maximum absolute atomic E-state index is 13.1. The third-order valence-electron chi connectivity index (χ3n) is 5.34. The number of fused-ring (bicyclic) bond motifs is 3. The highest BCUT2D eigenvalue weighted by Gasteiger charge is 2.41. The number of carbonyl (C=O) groups is 2. The van der Waals surface area contributed by atoms with Crippen LogP contribution in [0.5, 0.6) is 0 Å². The molecule has 2 amide bonds. The van der Waals surface area contributed by atoms with Gasteiger partial charge in [-0.2, -0.15) is 0 Å². The summed E-state index contributed by atoms with van der Waals surface area (Å²) in [5, 5.41) is 3.12. The summed E-state index contributed by atoms with van der Waals surface area (Å²) in [7, 11) is 0. The van der Waals surface area contributed by atoms with E-state index in [1.165, 1.54) is 11.8 Å². The molecule has 0 radical (unpaired) electrons. The molecule has 6 nitrogen and oxygen atoms in total. The maximum Gasteiger partial charge on any atom is 0.259 e. The van der Waals surface area contributed by atoms with Crippen molar-refractivity contribution in [2.45, 2.75) is 51.3 Å². The molecule has 0 unspecified atom stereocenters. The number of nitrogens with zero attached hydrogens (tertiary/aromatic N) is 3. The van der Waals surface area contributed by atoms with Crippen LogP contribution in [-0.4, -0.2) is 39.0 Å². The van der Waals surface area contributed by atoms with Crippen molar-refractivity contribution < 1.29 is 9.59 Å². The average Bonchev–Trinajstić information content (AvgIpc) is 3.10. The van der Waals surface area contributed by atoms with Crippen LogP contribution >= 0.6 is 11.8 Å². The third-order valence-corrected chi connectivity index (χ3v) is 6.66. The Labute approximate surface area is 186 Å². The first kappa shape index (κ1) is 21.3. The zero-order valence-electron chi connectivity index (χ0n) is 18.0. The molecule has 4 rings (SSSR count). The monoisotopic (exact) mass is 434 g/mol. The fraction of sp³-hybridized carbons (Fsp3) is 0.333. The van der Waals surface area contributed by atoms with Crippen molar-refractivity contribution in [2.75, 3.05) is 5.32 Å².